The summed E-state index contributed by atoms with van der Waals surface area (Å²) < 4.78 is 5.30. The number of benzene rings is 1. The second kappa shape index (κ2) is 7.38. The predicted octanol–water partition coefficient (Wildman–Crippen LogP) is 3.01. The van der Waals surface area contributed by atoms with Crippen LogP contribution >= 0.6 is 0 Å². The first kappa shape index (κ1) is 17.0. The van der Waals surface area contributed by atoms with Crippen molar-refractivity contribution < 1.29 is 14.1 Å². The largest absolute Gasteiger partial charge is 0.361 e. The number of carbonyl (C=O) groups is 2. The van der Waals surface area contributed by atoms with Crippen LogP contribution in [0.1, 0.15) is 42.8 Å². The monoisotopic (exact) mass is 342 g/mol. The van der Waals surface area contributed by atoms with E-state index in [1.807, 2.05) is 26.0 Å². The van der Waals surface area contributed by atoms with E-state index in [9.17, 15) is 9.59 Å². The highest BCUT2D eigenvalue weighted by molar-refractivity contribution is 5.96. The van der Waals surface area contributed by atoms with Gasteiger partial charge >= 0.3 is 6.03 Å². The summed E-state index contributed by atoms with van der Waals surface area (Å²) in [6, 6.07) is 5.23. The van der Waals surface area contributed by atoms with E-state index in [1.54, 1.807) is 6.07 Å². The van der Waals surface area contributed by atoms with Crippen molar-refractivity contribution in [2.45, 2.75) is 46.1 Å². The number of aromatic nitrogens is 1. The van der Waals surface area contributed by atoms with Crippen LogP contribution in [0.5, 0.6) is 0 Å². The highest BCUT2D eigenvalue weighted by Crippen LogP contribution is 2.25. The van der Waals surface area contributed by atoms with Gasteiger partial charge in [-0.2, -0.15) is 0 Å². The molecule has 25 heavy (non-hydrogen) atoms. The van der Waals surface area contributed by atoms with Gasteiger partial charge in [-0.1, -0.05) is 25.1 Å². The van der Waals surface area contributed by atoms with Gasteiger partial charge < -0.3 is 20.5 Å². The second-order valence-electron chi connectivity index (χ2n) is 5.97. The number of nitrogens with one attached hydrogen (secondary N) is 3. The van der Waals surface area contributed by atoms with Crippen LogP contribution in [0.2, 0.25) is 0 Å². The van der Waals surface area contributed by atoms with Crippen molar-refractivity contribution in [2.24, 2.45) is 0 Å². The van der Waals surface area contributed by atoms with E-state index in [-0.39, 0.29) is 11.9 Å². The third-order valence-corrected chi connectivity index (χ3v) is 4.30. The standard InChI is InChI=1S/C18H22N4O3/c1-3-14-13(16(4-2)25-22-14)10-19-18(24)20-12-7-5-11-6-8-17(23)21-15(11)9-12/h5,7,9H,3-4,6,8,10H2,1-2H3,(H,21,23)(H2,19,20,24). The molecule has 0 bridgehead atoms. The quantitative estimate of drug-likeness (QED) is 0.778. The summed E-state index contributed by atoms with van der Waals surface area (Å²) in [6.45, 7) is 4.36. The fourth-order valence-electron chi connectivity index (χ4n) is 2.93. The summed E-state index contributed by atoms with van der Waals surface area (Å²) in [4.78, 5) is 23.7. The molecule has 0 unspecified atom stereocenters. The van der Waals surface area contributed by atoms with Gasteiger partial charge in [0, 0.05) is 36.3 Å². The molecule has 0 fully saturated rings. The number of hydrogen-bond acceptors (Lipinski definition) is 4. The van der Waals surface area contributed by atoms with Gasteiger partial charge in [0.1, 0.15) is 5.76 Å². The molecule has 132 valence electrons. The predicted molar refractivity (Wildman–Crippen MR) is 94.5 cm³/mol. The lowest BCUT2D eigenvalue weighted by Gasteiger charge is -2.18. The van der Waals surface area contributed by atoms with E-state index < -0.39 is 0 Å². The van der Waals surface area contributed by atoms with Crippen molar-refractivity contribution in [2.75, 3.05) is 10.6 Å². The first-order valence-corrected chi connectivity index (χ1v) is 8.54. The van der Waals surface area contributed by atoms with Crippen LogP contribution < -0.4 is 16.0 Å². The van der Waals surface area contributed by atoms with Crippen LogP contribution in [-0.2, 0) is 30.6 Å². The van der Waals surface area contributed by atoms with Crippen molar-refractivity contribution in [3.63, 3.8) is 0 Å². The Bertz CT molecular complexity index is 776. The normalized spacial score (nSPS) is 13.1. The van der Waals surface area contributed by atoms with Crippen LogP contribution in [0, 0.1) is 0 Å². The minimum absolute atomic E-state index is 0.000694. The van der Waals surface area contributed by atoms with Crippen LogP contribution in [0.3, 0.4) is 0 Å². The molecular formula is C18H22N4O3. The summed E-state index contributed by atoms with van der Waals surface area (Å²) in [6.07, 6.45) is 2.71. The number of hydrogen-bond donors (Lipinski definition) is 3. The third kappa shape index (κ3) is 3.81. The molecular weight excluding hydrogens is 320 g/mol. The zero-order chi connectivity index (χ0) is 17.8. The van der Waals surface area contributed by atoms with Gasteiger partial charge in [0.25, 0.3) is 0 Å². The minimum Gasteiger partial charge on any atom is -0.361 e. The minimum atomic E-state index is -0.313. The van der Waals surface area contributed by atoms with E-state index in [0.29, 0.717) is 18.7 Å². The summed E-state index contributed by atoms with van der Waals surface area (Å²) in [5, 5.41) is 12.5. The molecule has 1 aliphatic heterocycles. The zero-order valence-electron chi connectivity index (χ0n) is 14.4. The lowest BCUT2D eigenvalue weighted by molar-refractivity contribution is -0.116. The summed E-state index contributed by atoms with van der Waals surface area (Å²) in [7, 11) is 0. The maximum absolute atomic E-state index is 12.2. The molecule has 0 saturated carbocycles. The first-order valence-electron chi connectivity index (χ1n) is 8.54. The number of aryl methyl sites for hydroxylation is 3. The SMILES string of the molecule is CCc1noc(CC)c1CNC(=O)Nc1ccc2c(c1)NC(=O)CC2. The van der Waals surface area contributed by atoms with Crippen molar-refractivity contribution in [3.8, 4) is 0 Å². The summed E-state index contributed by atoms with van der Waals surface area (Å²) in [5.41, 5.74) is 4.28. The van der Waals surface area contributed by atoms with Crippen molar-refractivity contribution in [3.05, 3.63) is 40.8 Å². The van der Waals surface area contributed by atoms with Crippen LogP contribution in [0.25, 0.3) is 0 Å². The molecule has 1 aliphatic rings. The number of carbonyl (C=O) groups excluding carboxylic acids is 2. The Morgan fingerprint density at radius 1 is 1.28 bits per heavy atom. The average molecular weight is 342 g/mol. The molecule has 0 aliphatic carbocycles. The topological polar surface area (TPSA) is 96.3 Å². The van der Waals surface area contributed by atoms with Gasteiger partial charge in [-0.05, 0) is 30.5 Å². The summed E-state index contributed by atoms with van der Waals surface area (Å²) >= 11 is 0. The Morgan fingerprint density at radius 3 is 2.88 bits per heavy atom. The lowest BCUT2D eigenvalue weighted by Crippen LogP contribution is -2.29. The van der Waals surface area contributed by atoms with Crippen molar-refractivity contribution >= 4 is 23.3 Å². The van der Waals surface area contributed by atoms with Crippen LogP contribution in [0.4, 0.5) is 16.2 Å². The van der Waals surface area contributed by atoms with E-state index in [4.69, 9.17) is 4.52 Å². The number of fused-ring (bicyclic) bond motifs is 1. The number of amides is 3. The van der Waals surface area contributed by atoms with Crippen molar-refractivity contribution in [1.82, 2.24) is 10.5 Å². The van der Waals surface area contributed by atoms with E-state index in [2.05, 4.69) is 21.1 Å². The number of urea groups is 1. The summed E-state index contributed by atoms with van der Waals surface area (Å²) in [5.74, 6) is 0.800. The molecule has 0 atom stereocenters. The third-order valence-electron chi connectivity index (χ3n) is 4.30. The Balaban J connectivity index is 1.63. The van der Waals surface area contributed by atoms with Gasteiger partial charge in [0.2, 0.25) is 5.91 Å². The molecule has 0 saturated heterocycles. The van der Waals surface area contributed by atoms with Gasteiger partial charge in [0.05, 0.1) is 5.69 Å². The fourth-order valence-corrected chi connectivity index (χ4v) is 2.93. The van der Waals surface area contributed by atoms with E-state index in [1.165, 1.54) is 0 Å². The Morgan fingerprint density at radius 2 is 2.12 bits per heavy atom. The first-order chi connectivity index (χ1) is 12.1. The van der Waals surface area contributed by atoms with Gasteiger partial charge in [0.15, 0.2) is 0 Å². The molecule has 2 aromatic rings. The molecule has 0 radical (unpaired) electrons. The maximum atomic E-state index is 12.2. The fraction of sp³-hybridized carbons (Fsp3) is 0.389. The van der Waals surface area contributed by atoms with Crippen LogP contribution in [-0.4, -0.2) is 17.1 Å². The highest BCUT2D eigenvalue weighted by atomic mass is 16.5. The maximum Gasteiger partial charge on any atom is 0.319 e. The highest BCUT2D eigenvalue weighted by Gasteiger charge is 2.16. The molecule has 7 nitrogen and oxygen atoms in total. The van der Waals surface area contributed by atoms with Crippen molar-refractivity contribution in [1.29, 1.82) is 0 Å². The molecule has 7 heteroatoms. The number of rotatable bonds is 5. The molecule has 1 aromatic heterocycles. The molecule has 3 amide bonds. The van der Waals surface area contributed by atoms with E-state index >= 15 is 0 Å². The van der Waals surface area contributed by atoms with Gasteiger partial charge in [-0.25, -0.2) is 4.79 Å². The molecule has 3 rings (SSSR count). The van der Waals surface area contributed by atoms with Gasteiger partial charge in [-0.3, -0.25) is 4.79 Å². The number of anilines is 2. The van der Waals surface area contributed by atoms with Crippen LogP contribution in [0.15, 0.2) is 22.7 Å². The van der Waals surface area contributed by atoms with E-state index in [0.717, 1.165) is 47.5 Å². The molecule has 0 spiro atoms. The molecule has 1 aromatic carbocycles. The van der Waals surface area contributed by atoms with Gasteiger partial charge in [-0.15, -0.1) is 0 Å². The Hall–Kier alpha value is -2.83. The molecule has 2 heterocycles. The average Bonchev–Trinajstić information content (AvgIpc) is 3.01. The Labute approximate surface area is 146 Å². The Kier molecular flexibility index (Phi) is 5.02. The smallest absolute Gasteiger partial charge is 0.319 e. The second-order valence-corrected chi connectivity index (χ2v) is 5.97. The lowest BCUT2D eigenvalue weighted by atomic mass is 10.0. The zero-order valence-corrected chi connectivity index (χ0v) is 14.4. The number of nitrogens with zero attached hydrogens (tertiary/aromatic N) is 1. The molecule has 3 N–H and O–H groups in total.